The Balaban J connectivity index is 1.73. The van der Waals surface area contributed by atoms with Gasteiger partial charge in [-0.25, -0.2) is 0 Å². The predicted molar refractivity (Wildman–Crippen MR) is 86.9 cm³/mol. The van der Waals surface area contributed by atoms with E-state index in [9.17, 15) is 4.79 Å². The monoisotopic (exact) mass is 311 g/mol. The quantitative estimate of drug-likeness (QED) is 0.784. The molecule has 0 aliphatic carbocycles. The second kappa shape index (κ2) is 6.44. The van der Waals surface area contributed by atoms with Crippen molar-refractivity contribution in [2.45, 2.75) is 6.54 Å². The van der Waals surface area contributed by atoms with Crippen LogP contribution in [0.1, 0.15) is 16.1 Å². The van der Waals surface area contributed by atoms with Crippen molar-refractivity contribution in [2.75, 3.05) is 14.2 Å². The van der Waals surface area contributed by atoms with E-state index in [4.69, 9.17) is 13.9 Å². The second-order valence-corrected chi connectivity index (χ2v) is 5.01. The van der Waals surface area contributed by atoms with Crippen LogP contribution in [0.2, 0.25) is 0 Å². The summed E-state index contributed by atoms with van der Waals surface area (Å²) in [6.45, 7) is 0.336. The first-order valence-corrected chi connectivity index (χ1v) is 7.19. The molecule has 118 valence electrons. The molecule has 0 spiro atoms. The minimum atomic E-state index is -0.265. The van der Waals surface area contributed by atoms with Crippen LogP contribution < -0.4 is 14.8 Å². The van der Waals surface area contributed by atoms with E-state index in [1.165, 1.54) is 0 Å². The van der Waals surface area contributed by atoms with E-state index >= 15 is 0 Å². The number of carbonyl (C=O) groups is 1. The lowest BCUT2D eigenvalue weighted by molar-refractivity contribution is 0.0925. The van der Waals surface area contributed by atoms with Gasteiger partial charge in [0.25, 0.3) is 5.91 Å². The van der Waals surface area contributed by atoms with Crippen LogP contribution in [0.4, 0.5) is 0 Å². The molecule has 0 unspecified atom stereocenters. The topological polar surface area (TPSA) is 60.7 Å². The molecular formula is C18H17NO4. The molecule has 2 aromatic carbocycles. The molecule has 5 nitrogen and oxygen atoms in total. The van der Waals surface area contributed by atoms with E-state index in [2.05, 4.69) is 5.32 Å². The van der Waals surface area contributed by atoms with Crippen molar-refractivity contribution in [3.63, 3.8) is 0 Å². The van der Waals surface area contributed by atoms with E-state index < -0.39 is 0 Å². The van der Waals surface area contributed by atoms with E-state index in [0.717, 1.165) is 10.9 Å². The number of methoxy groups -OCH3 is 2. The molecule has 0 aliphatic rings. The number of hydrogen-bond acceptors (Lipinski definition) is 4. The number of para-hydroxylation sites is 1. The highest BCUT2D eigenvalue weighted by molar-refractivity contribution is 5.96. The number of furan rings is 1. The smallest absolute Gasteiger partial charge is 0.287 e. The average Bonchev–Trinajstić information content (AvgIpc) is 3.03. The van der Waals surface area contributed by atoms with E-state index in [1.807, 2.05) is 36.4 Å². The van der Waals surface area contributed by atoms with Gasteiger partial charge in [0.05, 0.1) is 14.2 Å². The maximum atomic E-state index is 12.2. The second-order valence-electron chi connectivity index (χ2n) is 5.01. The number of rotatable bonds is 5. The van der Waals surface area contributed by atoms with Gasteiger partial charge in [-0.2, -0.15) is 0 Å². The van der Waals surface area contributed by atoms with Gasteiger partial charge >= 0.3 is 0 Å². The molecular weight excluding hydrogens is 294 g/mol. The third-order valence-electron chi connectivity index (χ3n) is 3.58. The maximum Gasteiger partial charge on any atom is 0.287 e. The number of fused-ring (bicyclic) bond motifs is 1. The minimum absolute atomic E-state index is 0.265. The highest BCUT2D eigenvalue weighted by Gasteiger charge is 2.13. The Kier molecular flexibility index (Phi) is 4.19. The molecule has 1 aromatic heterocycles. The fourth-order valence-electron chi connectivity index (χ4n) is 2.35. The third-order valence-corrected chi connectivity index (χ3v) is 3.58. The van der Waals surface area contributed by atoms with Gasteiger partial charge in [0, 0.05) is 23.6 Å². The lowest BCUT2D eigenvalue weighted by atomic mass is 10.2. The summed E-state index contributed by atoms with van der Waals surface area (Å²) < 4.78 is 16.0. The molecule has 1 N–H and O–H groups in total. The molecule has 0 bridgehead atoms. The zero-order valence-electron chi connectivity index (χ0n) is 13.0. The molecule has 5 heteroatoms. The first-order valence-electron chi connectivity index (χ1n) is 7.19. The van der Waals surface area contributed by atoms with Gasteiger partial charge in [0.1, 0.15) is 17.1 Å². The lowest BCUT2D eigenvalue weighted by Crippen LogP contribution is -2.22. The Labute approximate surface area is 133 Å². The van der Waals surface area contributed by atoms with Crippen LogP contribution in [0.15, 0.2) is 52.9 Å². The van der Waals surface area contributed by atoms with Crippen LogP contribution in [-0.2, 0) is 6.54 Å². The van der Waals surface area contributed by atoms with Crippen molar-refractivity contribution in [3.05, 3.63) is 59.9 Å². The Morgan fingerprint density at radius 3 is 2.65 bits per heavy atom. The number of benzene rings is 2. The largest absolute Gasteiger partial charge is 0.497 e. The summed E-state index contributed by atoms with van der Waals surface area (Å²) in [6.07, 6.45) is 0. The van der Waals surface area contributed by atoms with Crippen LogP contribution in [-0.4, -0.2) is 20.1 Å². The SMILES string of the molecule is COc1ccc(CNC(=O)c2cc3ccccc3o2)c(OC)c1. The maximum absolute atomic E-state index is 12.2. The van der Waals surface area contributed by atoms with Crippen LogP contribution >= 0.6 is 0 Å². The Bertz CT molecular complexity index is 805. The number of amides is 1. The first-order chi connectivity index (χ1) is 11.2. The standard InChI is InChI=1S/C18H17NO4/c1-21-14-8-7-13(16(10-14)22-2)11-19-18(20)17-9-12-5-3-4-6-15(12)23-17/h3-10H,11H2,1-2H3,(H,19,20). The molecule has 0 saturated carbocycles. The van der Waals surface area contributed by atoms with Crippen molar-refractivity contribution < 1.29 is 18.7 Å². The van der Waals surface area contributed by atoms with E-state index in [-0.39, 0.29) is 5.91 Å². The summed E-state index contributed by atoms with van der Waals surface area (Å²) in [5, 5.41) is 3.74. The summed E-state index contributed by atoms with van der Waals surface area (Å²) in [6, 6.07) is 14.7. The lowest BCUT2D eigenvalue weighted by Gasteiger charge is -2.10. The van der Waals surface area contributed by atoms with Crippen LogP contribution in [0.5, 0.6) is 11.5 Å². The molecule has 23 heavy (non-hydrogen) atoms. The number of nitrogens with one attached hydrogen (secondary N) is 1. The first kappa shape index (κ1) is 15.0. The Hall–Kier alpha value is -2.95. The molecule has 0 saturated heterocycles. The van der Waals surface area contributed by atoms with Gasteiger partial charge in [-0.05, 0) is 24.3 Å². The van der Waals surface area contributed by atoms with Crippen molar-refractivity contribution in [1.82, 2.24) is 5.32 Å². The number of hydrogen-bond donors (Lipinski definition) is 1. The normalized spacial score (nSPS) is 10.5. The summed E-state index contributed by atoms with van der Waals surface area (Å²) in [5.74, 6) is 1.39. The summed E-state index contributed by atoms with van der Waals surface area (Å²) in [7, 11) is 3.18. The van der Waals surface area contributed by atoms with Crippen molar-refractivity contribution in [1.29, 1.82) is 0 Å². The zero-order valence-corrected chi connectivity index (χ0v) is 13.0. The molecule has 0 radical (unpaired) electrons. The molecule has 0 atom stereocenters. The fourth-order valence-corrected chi connectivity index (χ4v) is 2.35. The van der Waals surface area contributed by atoms with Gasteiger partial charge in [-0.3, -0.25) is 4.79 Å². The van der Waals surface area contributed by atoms with Gasteiger partial charge in [-0.15, -0.1) is 0 Å². The van der Waals surface area contributed by atoms with Crippen LogP contribution in [0.3, 0.4) is 0 Å². The third kappa shape index (κ3) is 3.13. The van der Waals surface area contributed by atoms with Gasteiger partial charge in [-0.1, -0.05) is 18.2 Å². The summed E-state index contributed by atoms with van der Waals surface area (Å²) in [4.78, 5) is 12.2. The molecule has 1 heterocycles. The van der Waals surface area contributed by atoms with Crippen molar-refractivity contribution in [3.8, 4) is 11.5 Å². The molecule has 3 rings (SSSR count). The molecule has 0 aliphatic heterocycles. The Morgan fingerprint density at radius 2 is 1.91 bits per heavy atom. The van der Waals surface area contributed by atoms with Gasteiger partial charge in [0.15, 0.2) is 5.76 Å². The summed E-state index contributed by atoms with van der Waals surface area (Å²) in [5.41, 5.74) is 1.55. The Morgan fingerprint density at radius 1 is 1.09 bits per heavy atom. The number of ether oxygens (including phenoxy) is 2. The zero-order chi connectivity index (χ0) is 16.2. The van der Waals surface area contributed by atoms with Gasteiger partial charge in [0.2, 0.25) is 0 Å². The average molecular weight is 311 g/mol. The number of carbonyl (C=O) groups excluding carboxylic acids is 1. The predicted octanol–water partition coefficient (Wildman–Crippen LogP) is 3.38. The summed E-state index contributed by atoms with van der Waals surface area (Å²) >= 11 is 0. The van der Waals surface area contributed by atoms with E-state index in [1.54, 1.807) is 26.4 Å². The highest BCUT2D eigenvalue weighted by atomic mass is 16.5. The van der Waals surface area contributed by atoms with Crippen molar-refractivity contribution in [2.24, 2.45) is 0 Å². The highest BCUT2D eigenvalue weighted by Crippen LogP contribution is 2.24. The van der Waals surface area contributed by atoms with Crippen molar-refractivity contribution >= 4 is 16.9 Å². The van der Waals surface area contributed by atoms with Crippen LogP contribution in [0, 0.1) is 0 Å². The fraction of sp³-hybridized carbons (Fsp3) is 0.167. The van der Waals surface area contributed by atoms with Crippen LogP contribution in [0.25, 0.3) is 11.0 Å². The molecule has 1 amide bonds. The minimum Gasteiger partial charge on any atom is -0.497 e. The molecule has 0 fully saturated rings. The van der Waals surface area contributed by atoms with E-state index in [0.29, 0.717) is 29.4 Å². The molecule has 3 aromatic rings. The van der Waals surface area contributed by atoms with Gasteiger partial charge < -0.3 is 19.2 Å².